The molecule has 5 aromatic rings. The molecule has 0 aromatic heterocycles. The Morgan fingerprint density at radius 1 is 0.574 bits per heavy atom. The first-order valence-corrected chi connectivity index (χ1v) is 14.8. The van der Waals surface area contributed by atoms with Gasteiger partial charge in [-0.25, -0.2) is 26.3 Å². The zero-order chi connectivity index (χ0) is 33.7. The lowest BCUT2D eigenvalue weighted by Gasteiger charge is -2.19. The van der Waals surface area contributed by atoms with Gasteiger partial charge in [0.2, 0.25) is 0 Å². The third-order valence-corrected chi connectivity index (χ3v) is 7.59. The van der Waals surface area contributed by atoms with Gasteiger partial charge in [0.15, 0.2) is 17.5 Å². The molecule has 5 rings (SSSR count). The number of halogens is 8. The van der Waals surface area contributed by atoms with Crippen molar-refractivity contribution in [1.82, 2.24) is 0 Å². The molecule has 0 aliphatic carbocycles. The number of alkyl halides is 2. The Morgan fingerprint density at radius 2 is 1.17 bits per heavy atom. The predicted octanol–water partition coefficient (Wildman–Crippen LogP) is 11.9. The van der Waals surface area contributed by atoms with E-state index in [1.165, 1.54) is 17.7 Å². The SMILES string of the molecule is CCCCCc1ccc(C=Cc2ccc(C(F)(F)Oc3ccc(-c4ccc(-c5cc(F)c(F)c(F)c5)c(F)c4)c(F)c3)c(F)c2)cc1. The fourth-order valence-electron chi connectivity index (χ4n) is 5.06. The third kappa shape index (κ3) is 7.91. The first kappa shape index (κ1) is 33.4. The average molecular weight is 653 g/mol. The fraction of sp³-hybridized carbons (Fsp3) is 0.158. The molecule has 0 radical (unpaired) electrons. The van der Waals surface area contributed by atoms with Gasteiger partial charge in [-0.1, -0.05) is 74.4 Å². The first-order valence-electron chi connectivity index (χ1n) is 14.8. The molecule has 0 heterocycles. The molecule has 0 aliphatic rings. The van der Waals surface area contributed by atoms with Gasteiger partial charge >= 0.3 is 6.11 Å². The average Bonchev–Trinajstić information content (AvgIpc) is 3.03. The molecule has 0 bridgehead atoms. The van der Waals surface area contributed by atoms with Gasteiger partial charge in [-0.2, -0.15) is 8.78 Å². The maximum atomic E-state index is 15.0. The van der Waals surface area contributed by atoms with Crippen molar-refractivity contribution in [3.8, 4) is 28.0 Å². The Kier molecular flexibility index (Phi) is 10.1. The first-order chi connectivity index (χ1) is 22.4. The summed E-state index contributed by atoms with van der Waals surface area (Å²) in [6.45, 7) is 2.14. The largest absolute Gasteiger partial charge is 0.429 e. The maximum Gasteiger partial charge on any atom is 0.429 e. The lowest BCUT2D eigenvalue weighted by molar-refractivity contribution is -0.187. The summed E-state index contributed by atoms with van der Waals surface area (Å²) in [6.07, 6.45) is 3.56. The minimum Gasteiger partial charge on any atom is -0.429 e. The zero-order valence-electron chi connectivity index (χ0n) is 25.1. The molecule has 0 unspecified atom stereocenters. The standard InChI is InChI=1S/C38H28F8O/c1-2-3-4-5-23-6-8-24(9-7-23)10-11-25-12-17-31(34(41)18-25)38(45,46)47-28-14-16-29(33(40)22-28)26-13-15-30(32(39)19-26)27-20-35(42)37(44)36(43)21-27/h6-22H,2-5H2,1H3. The molecule has 0 fully saturated rings. The van der Waals surface area contributed by atoms with Gasteiger partial charge in [-0.3, -0.25) is 0 Å². The van der Waals surface area contributed by atoms with Crippen molar-refractivity contribution in [2.45, 2.75) is 38.7 Å². The Hall–Kier alpha value is -4.92. The lowest BCUT2D eigenvalue weighted by atomic mass is 9.99. The highest BCUT2D eigenvalue weighted by Crippen LogP contribution is 2.36. The highest BCUT2D eigenvalue weighted by molar-refractivity contribution is 5.72. The van der Waals surface area contributed by atoms with E-state index in [4.69, 9.17) is 0 Å². The van der Waals surface area contributed by atoms with E-state index in [2.05, 4.69) is 11.7 Å². The van der Waals surface area contributed by atoms with Crippen molar-refractivity contribution in [2.75, 3.05) is 0 Å². The van der Waals surface area contributed by atoms with Gasteiger partial charge in [0.05, 0.1) is 5.56 Å². The summed E-state index contributed by atoms with van der Waals surface area (Å²) in [6, 6.07) is 18.2. The Bertz CT molecular complexity index is 1890. The van der Waals surface area contributed by atoms with E-state index < -0.39 is 52.3 Å². The van der Waals surface area contributed by atoms with E-state index in [9.17, 15) is 26.3 Å². The van der Waals surface area contributed by atoms with Crippen LogP contribution >= 0.6 is 0 Å². The number of ether oxygens (including phenoxy) is 1. The minimum atomic E-state index is -4.17. The third-order valence-electron chi connectivity index (χ3n) is 7.59. The van der Waals surface area contributed by atoms with Crippen molar-refractivity contribution in [1.29, 1.82) is 0 Å². The lowest BCUT2D eigenvalue weighted by Crippen LogP contribution is -2.23. The topological polar surface area (TPSA) is 9.23 Å². The number of benzene rings is 5. The summed E-state index contributed by atoms with van der Waals surface area (Å²) < 4.78 is 120. The molecule has 5 aromatic carbocycles. The number of unbranched alkanes of at least 4 members (excludes halogenated alkanes) is 2. The second-order valence-corrected chi connectivity index (χ2v) is 11.0. The van der Waals surface area contributed by atoms with Crippen LogP contribution in [-0.4, -0.2) is 0 Å². The summed E-state index contributed by atoms with van der Waals surface area (Å²) in [5.41, 5.74) is 0.590. The molecular formula is C38H28F8O. The van der Waals surface area contributed by atoms with Crippen LogP contribution in [0.1, 0.15) is 48.4 Å². The van der Waals surface area contributed by atoms with Crippen LogP contribution in [0.25, 0.3) is 34.4 Å². The molecule has 47 heavy (non-hydrogen) atoms. The van der Waals surface area contributed by atoms with E-state index in [1.807, 2.05) is 24.3 Å². The van der Waals surface area contributed by atoms with Crippen LogP contribution in [0.2, 0.25) is 0 Å². The monoisotopic (exact) mass is 652 g/mol. The molecule has 9 heteroatoms. The molecule has 1 nitrogen and oxygen atoms in total. The van der Waals surface area contributed by atoms with Crippen LogP contribution in [0.15, 0.2) is 91.0 Å². The van der Waals surface area contributed by atoms with Crippen LogP contribution in [0.5, 0.6) is 5.75 Å². The van der Waals surface area contributed by atoms with Gasteiger partial charge in [0.1, 0.15) is 23.2 Å². The summed E-state index contributed by atoms with van der Waals surface area (Å²) >= 11 is 0. The molecular weight excluding hydrogens is 624 g/mol. The predicted molar refractivity (Wildman–Crippen MR) is 167 cm³/mol. The van der Waals surface area contributed by atoms with E-state index in [0.717, 1.165) is 67.6 Å². The second-order valence-electron chi connectivity index (χ2n) is 11.0. The van der Waals surface area contributed by atoms with Crippen LogP contribution in [0.3, 0.4) is 0 Å². The summed E-state index contributed by atoms with van der Waals surface area (Å²) in [5, 5.41) is 0. The van der Waals surface area contributed by atoms with Gasteiger partial charge in [-0.05, 0) is 83.1 Å². The molecule has 0 saturated carbocycles. The number of hydrogen-bond donors (Lipinski definition) is 0. The Morgan fingerprint density at radius 3 is 1.81 bits per heavy atom. The molecule has 0 saturated heterocycles. The highest BCUT2D eigenvalue weighted by Gasteiger charge is 2.38. The van der Waals surface area contributed by atoms with Crippen molar-refractivity contribution in [3.63, 3.8) is 0 Å². The summed E-state index contributed by atoms with van der Waals surface area (Å²) in [7, 11) is 0. The van der Waals surface area contributed by atoms with Gasteiger partial charge < -0.3 is 4.74 Å². The molecule has 0 N–H and O–H groups in total. The van der Waals surface area contributed by atoms with Crippen molar-refractivity contribution >= 4 is 12.2 Å². The number of hydrogen-bond acceptors (Lipinski definition) is 1. The van der Waals surface area contributed by atoms with Crippen molar-refractivity contribution < 1.29 is 39.9 Å². The van der Waals surface area contributed by atoms with Crippen LogP contribution < -0.4 is 4.74 Å². The van der Waals surface area contributed by atoms with Gasteiger partial charge in [0.25, 0.3) is 0 Å². The molecule has 242 valence electrons. The Balaban J connectivity index is 1.28. The Labute approximate surface area is 266 Å². The van der Waals surface area contributed by atoms with E-state index in [0.29, 0.717) is 23.8 Å². The normalized spacial score (nSPS) is 11.8. The maximum absolute atomic E-state index is 15.0. The number of rotatable bonds is 11. The van der Waals surface area contributed by atoms with Crippen LogP contribution in [0.4, 0.5) is 35.1 Å². The minimum absolute atomic E-state index is 0.0253. The van der Waals surface area contributed by atoms with E-state index in [-0.39, 0.29) is 22.3 Å². The van der Waals surface area contributed by atoms with Crippen molar-refractivity contribution in [3.05, 3.63) is 148 Å². The van der Waals surface area contributed by atoms with E-state index >= 15 is 8.78 Å². The molecule has 0 spiro atoms. The van der Waals surface area contributed by atoms with Crippen LogP contribution in [-0.2, 0) is 12.5 Å². The zero-order valence-corrected chi connectivity index (χ0v) is 25.1. The van der Waals surface area contributed by atoms with E-state index in [1.54, 1.807) is 12.2 Å². The van der Waals surface area contributed by atoms with Gasteiger partial charge in [-0.15, -0.1) is 0 Å². The molecule has 0 atom stereocenters. The highest BCUT2D eigenvalue weighted by atomic mass is 19.3. The smallest absolute Gasteiger partial charge is 0.429 e. The summed E-state index contributed by atoms with van der Waals surface area (Å²) in [4.78, 5) is 0. The quantitative estimate of drug-likeness (QED) is 0.0597. The van der Waals surface area contributed by atoms with Crippen molar-refractivity contribution in [2.24, 2.45) is 0 Å². The fourth-order valence-corrected chi connectivity index (χ4v) is 5.06. The molecule has 0 amide bonds. The summed E-state index contributed by atoms with van der Waals surface area (Å²) in [5.74, 6) is -8.62. The molecule has 0 aliphatic heterocycles. The van der Waals surface area contributed by atoms with Gasteiger partial charge in [0, 0.05) is 17.2 Å². The van der Waals surface area contributed by atoms with Crippen LogP contribution in [0, 0.1) is 34.9 Å². The second kappa shape index (κ2) is 14.2. The number of aryl methyl sites for hydroxylation is 1.